The van der Waals surface area contributed by atoms with E-state index in [1.54, 1.807) is 11.3 Å². The van der Waals surface area contributed by atoms with E-state index in [4.69, 9.17) is 0 Å². The van der Waals surface area contributed by atoms with Gasteiger partial charge in [0.1, 0.15) is 0 Å². The SMILES string of the molecule is O=c1c2ccccc2sc2ccccc12.c1ccc(N(c2ccccc2)c2ccccc2)cc1.c1ccc2cc3ccccc3cc2c1. The summed E-state index contributed by atoms with van der Waals surface area (Å²) < 4.78 is 2.11. The largest absolute Gasteiger partial charge is 0.311 e. The van der Waals surface area contributed by atoms with Gasteiger partial charge in [-0.05, 0) is 94.3 Å². The Kier molecular flexibility index (Phi) is 9.31. The summed E-state index contributed by atoms with van der Waals surface area (Å²) in [4.78, 5) is 14.3. The number of hydrogen-bond donors (Lipinski definition) is 0. The Hall–Kier alpha value is -6.03. The van der Waals surface area contributed by atoms with Gasteiger partial charge < -0.3 is 4.90 Å². The van der Waals surface area contributed by atoms with Crippen molar-refractivity contribution < 1.29 is 0 Å². The highest BCUT2D eigenvalue weighted by Gasteiger charge is 2.10. The van der Waals surface area contributed by atoms with Crippen LogP contribution in [0.4, 0.5) is 17.1 Å². The zero-order chi connectivity index (χ0) is 32.5. The highest BCUT2D eigenvalue weighted by Crippen LogP contribution is 2.33. The van der Waals surface area contributed by atoms with Crippen LogP contribution in [0.15, 0.2) is 205 Å². The van der Waals surface area contributed by atoms with Gasteiger partial charge in [0, 0.05) is 37.2 Å². The summed E-state index contributed by atoms with van der Waals surface area (Å²) >= 11 is 1.67. The van der Waals surface area contributed by atoms with Crippen LogP contribution in [-0.4, -0.2) is 0 Å². The second kappa shape index (κ2) is 14.6. The molecule has 230 valence electrons. The van der Waals surface area contributed by atoms with Gasteiger partial charge in [0.15, 0.2) is 5.43 Å². The van der Waals surface area contributed by atoms with Crippen LogP contribution in [-0.2, 0) is 0 Å². The number of para-hydroxylation sites is 3. The van der Waals surface area contributed by atoms with Crippen molar-refractivity contribution in [3.05, 3.63) is 210 Å². The van der Waals surface area contributed by atoms with E-state index in [9.17, 15) is 4.79 Å². The van der Waals surface area contributed by atoms with Gasteiger partial charge in [0.05, 0.1) is 0 Å². The minimum atomic E-state index is 0.139. The van der Waals surface area contributed by atoms with Crippen molar-refractivity contribution in [3.8, 4) is 0 Å². The van der Waals surface area contributed by atoms with Crippen LogP contribution in [0.2, 0.25) is 0 Å². The Labute approximate surface area is 284 Å². The van der Waals surface area contributed by atoms with Crippen LogP contribution in [0.1, 0.15) is 0 Å². The molecule has 0 aliphatic rings. The Bertz CT molecular complexity index is 2220. The molecular weight excluding hydrogens is 603 g/mol. The third kappa shape index (κ3) is 6.87. The summed E-state index contributed by atoms with van der Waals surface area (Å²) in [5, 5.41) is 6.89. The molecule has 0 amide bonds. The van der Waals surface area contributed by atoms with Gasteiger partial charge in [-0.3, -0.25) is 4.79 Å². The summed E-state index contributed by atoms with van der Waals surface area (Å²) in [5.41, 5.74) is 3.64. The average molecular weight is 636 g/mol. The lowest BCUT2D eigenvalue weighted by molar-refractivity contribution is 1.28. The Morgan fingerprint density at radius 3 is 0.979 bits per heavy atom. The van der Waals surface area contributed by atoms with Crippen LogP contribution in [0.5, 0.6) is 0 Å². The molecule has 1 heterocycles. The molecule has 0 unspecified atom stereocenters. The zero-order valence-corrected chi connectivity index (χ0v) is 27.1. The third-order valence-electron chi connectivity index (χ3n) is 8.14. The normalized spacial score (nSPS) is 10.6. The quantitative estimate of drug-likeness (QED) is 0.180. The first-order chi connectivity index (χ1) is 23.7. The lowest BCUT2D eigenvalue weighted by atomic mass is 10.0. The third-order valence-corrected chi connectivity index (χ3v) is 9.29. The topological polar surface area (TPSA) is 20.3 Å². The van der Waals surface area contributed by atoms with Gasteiger partial charge in [-0.1, -0.05) is 127 Å². The van der Waals surface area contributed by atoms with Gasteiger partial charge in [-0.15, -0.1) is 11.3 Å². The van der Waals surface area contributed by atoms with Crippen LogP contribution in [0.3, 0.4) is 0 Å². The summed E-state index contributed by atoms with van der Waals surface area (Å²) in [6, 6.07) is 68.2. The molecule has 1 aromatic heterocycles. The molecule has 0 fully saturated rings. The lowest BCUT2D eigenvalue weighted by Crippen LogP contribution is -2.09. The minimum Gasteiger partial charge on any atom is -0.311 e. The maximum Gasteiger partial charge on any atom is 0.195 e. The van der Waals surface area contributed by atoms with Gasteiger partial charge in [0.2, 0.25) is 0 Å². The number of nitrogens with zero attached hydrogens (tertiary/aromatic N) is 1. The first-order valence-electron chi connectivity index (χ1n) is 16.0. The Balaban J connectivity index is 0.000000115. The minimum absolute atomic E-state index is 0.139. The monoisotopic (exact) mass is 635 g/mol. The maximum atomic E-state index is 12.1. The molecule has 0 spiro atoms. The predicted molar refractivity (Wildman–Crippen MR) is 208 cm³/mol. The van der Waals surface area contributed by atoms with E-state index in [-0.39, 0.29) is 5.43 Å². The molecule has 0 aliphatic heterocycles. The molecule has 9 aromatic rings. The van der Waals surface area contributed by atoms with E-state index < -0.39 is 0 Å². The zero-order valence-electron chi connectivity index (χ0n) is 26.3. The number of hydrogen-bond acceptors (Lipinski definition) is 3. The predicted octanol–water partition coefficient (Wildman–Crippen LogP) is 12.6. The van der Waals surface area contributed by atoms with Crippen molar-refractivity contribution in [3.63, 3.8) is 0 Å². The highest BCUT2D eigenvalue weighted by molar-refractivity contribution is 7.24. The van der Waals surface area contributed by atoms with Crippen LogP contribution in [0, 0.1) is 0 Å². The molecule has 2 nitrogen and oxygen atoms in total. The Morgan fingerprint density at radius 2 is 0.625 bits per heavy atom. The molecule has 8 aromatic carbocycles. The molecular formula is C45H33NOS. The molecule has 0 N–H and O–H groups in total. The second-order valence-electron chi connectivity index (χ2n) is 11.3. The highest BCUT2D eigenvalue weighted by atomic mass is 32.1. The van der Waals surface area contributed by atoms with Crippen LogP contribution < -0.4 is 10.3 Å². The lowest BCUT2D eigenvalue weighted by Gasteiger charge is -2.25. The maximum absolute atomic E-state index is 12.1. The fraction of sp³-hybridized carbons (Fsp3) is 0. The van der Waals surface area contributed by atoms with Crippen molar-refractivity contribution in [1.82, 2.24) is 0 Å². The fourth-order valence-electron chi connectivity index (χ4n) is 5.81. The molecule has 0 saturated heterocycles. The number of anilines is 3. The van der Waals surface area contributed by atoms with E-state index in [2.05, 4.69) is 138 Å². The molecule has 3 heteroatoms. The first kappa shape index (κ1) is 30.6. The number of fused-ring (bicyclic) bond motifs is 4. The standard InChI is InChI=1S/C18H15N.C14H10.C13H8OS/c1-4-10-16(11-5-1)19(17-12-6-2-7-13-17)18-14-8-3-9-15-18;1-2-6-12-10-14-8-4-3-7-13(14)9-11(12)5-1;14-13-9-5-1-3-7-11(9)15-12-8-4-2-6-10(12)13/h1-15H;1-10H;1-8H. The van der Waals surface area contributed by atoms with Crippen LogP contribution >= 0.6 is 11.3 Å². The second-order valence-corrected chi connectivity index (χ2v) is 12.4. The summed E-state index contributed by atoms with van der Waals surface area (Å²) in [5.74, 6) is 0. The van der Waals surface area contributed by atoms with Gasteiger partial charge in [0.25, 0.3) is 0 Å². The van der Waals surface area contributed by atoms with E-state index in [1.807, 2.05) is 66.7 Å². The Morgan fingerprint density at radius 1 is 0.333 bits per heavy atom. The number of benzene rings is 8. The van der Waals surface area contributed by atoms with Gasteiger partial charge in [-0.2, -0.15) is 0 Å². The summed E-state index contributed by atoms with van der Waals surface area (Å²) in [6.07, 6.45) is 0. The van der Waals surface area contributed by atoms with Crippen molar-refractivity contribution >= 4 is 70.1 Å². The molecule has 0 aliphatic carbocycles. The smallest absolute Gasteiger partial charge is 0.195 e. The number of rotatable bonds is 3. The van der Waals surface area contributed by atoms with Crippen molar-refractivity contribution in [2.75, 3.05) is 4.90 Å². The molecule has 0 atom stereocenters. The van der Waals surface area contributed by atoms with Crippen LogP contribution in [0.25, 0.3) is 41.7 Å². The van der Waals surface area contributed by atoms with Crippen molar-refractivity contribution in [2.45, 2.75) is 0 Å². The fourth-order valence-corrected chi connectivity index (χ4v) is 6.88. The van der Waals surface area contributed by atoms with E-state index in [1.165, 1.54) is 38.6 Å². The van der Waals surface area contributed by atoms with Gasteiger partial charge >= 0.3 is 0 Å². The summed E-state index contributed by atoms with van der Waals surface area (Å²) in [6.45, 7) is 0. The summed E-state index contributed by atoms with van der Waals surface area (Å²) in [7, 11) is 0. The van der Waals surface area contributed by atoms with Crippen molar-refractivity contribution in [1.29, 1.82) is 0 Å². The first-order valence-corrected chi connectivity index (χ1v) is 16.8. The molecule has 48 heavy (non-hydrogen) atoms. The van der Waals surface area contributed by atoms with E-state index >= 15 is 0 Å². The molecule has 0 saturated carbocycles. The van der Waals surface area contributed by atoms with E-state index in [0.29, 0.717) is 0 Å². The van der Waals surface area contributed by atoms with Gasteiger partial charge in [-0.25, -0.2) is 0 Å². The molecule has 0 bridgehead atoms. The average Bonchev–Trinajstić information content (AvgIpc) is 3.16. The van der Waals surface area contributed by atoms with E-state index in [0.717, 1.165) is 20.2 Å². The van der Waals surface area contributed by atoms with Crippen molar-refractivity contribution in [2.24, 2.45) is 0 Å². The molecule has 0 radical (unpaired) electrons. The molecule has 9 rings (SSSR count).